The SMILES string of the molecule is CCCC(=O)OC/C=C/CC#N. The second-order valence-corrected chi connectivity index (χ2v) is 2.27. The fraction of sp³-hybridized carbons (Fsp3) is 0.556. The van der Waals surface area contributed by atoms with Crippen LogP contribution in [0.4, 0.5) is 0 Å². The summed E-state index contributed by atoms with van der Waals surface area (Å²) in [5, 5.41) is 8.15. The highest BCUT2D eigenvalue weighted by atomic mass is 16.5. The van der Waals surface area contributed by atoms with Crippen LogP contribution in [0, 0.1) is 11.3 Å². The van der Waals surface area contributed by atoms with E-state index in [0.29, 0.717) is 12.8 Å². The molecule has 0 rings (SSSR count). The van der Waals surface area contributed by atoms with Crippen molar-refractivity contribution in [3.8, 4) is 6.07 Å². The molecule has 3 nitrogen and oxygen atoms in total. The number of hydrogen-bond donors (Lipinski definition) is 0. The highest BCUT2D eigenvalue weighted by Crippen LogP contribution is 1.91. The minimum Gasteiger partial charge on any atom is -0.461 e. The number of carbonyl (C=O) groups is 1. The highest BCUT2D eigenvalue weighted by molar-refractivity contribution is 5.69. The molecular weight excluding hydrogens is 154 g/mol. The summed E-state index contributed by atoms with van der Waals surface area (Å²) >= 11 is 0. The molecule has 0 spiro atoms. The molecule has 0 heterocycles. The van der Waals surface area contributed by atoms with Crippen molar-refractivity contribution in [2.45, 2.75) is 26.2 Å². The number of nitriles is 1. The lowest BCUT2D eigenvalue weighted by atomic mass is 10.3. The van der Waals surface area contributed by atoms with E-state index in [2.05, 4.69) is 0 Å². The molecule has 12 heavy (non-hydrogen) atoms. The Bertz CT molecular complexity index is 191. The first kappa shape index (κ1) is 10.7. The van der Waals surface area contributed by atoms with Crippen molar-refractivity contribution in [2.24, 2.45) is 0 Å². The molecule has 0 saturated carbocycles. The van der Waals surface area contributed by atoms with Crippen LogP contribution in [0.15, 0.2) is 12.2 Å². The summed E-state index contributed by atoms with van der Waals surface area (Å²) in [4.78, 5) is 10.8. The maximum absolute atomic E-state index is 10.8. The Kier molecular flexibility index (Phi) is 6.96. The Morgan fingerprint density at radius 3 is 2.92 bits per heavy atom. The van der Waals surface area contributed by atoms with Gasteiger partial charge in [-0.25, -0.2) is 0 Å². The molecule has 0 N–H and O–H groups in total. The summed E-state index contributed by atoms with van der Waals surface area (Å²) in [5.74, 6) is -0.181. The van der Waals surface area contributed by atoms with Crippen LogP contribution in [-0.2, 0) is 9.53 Å². The lowest BCUT2D eigenvalue weighted by Crippen LogP contribution is -2.02. The van der Waals surface area contributed by atoms with E-state index in [-0.39, 0.29) is 12.6 Å². The van der Waals surface area contributed by atoms with Gasteiger partial charge >= 0.3 is 5.97 Å². The van der Waals surface area contributed by atoms with Crippen LogP contribution >= 0.6 is 0 Å². The number of hydrogen-bond acceptors (Lipinski definition) is 3. The van der Waals surface area contributed by atoms with Crippen LogP contribution in [0.1, 0.15) is 26.2 Å². The first-order chi connectivity index (χ1) is 5.81. The summed E-state index contributed by atoms with van der Waals surface area (Å²) in [7, 11) is 0. The van der Waals surface area contributed by atoms with Gasteiger partial charge in [-0.05, 0) is 6.42 Å². The Balaban J connectivity index is 3.31. The van der Waals surface area contributed by atoms with E-state index in [9.17, 15) is 4.79 Å². The molecule has 0 amide bonds. The van der Waals surface area contributed by atoms with E-state index in [1.54, 1.807) is 12.2 Å². The molecule has 0 saturated heterocycles. The van der Waals surface area contributed by atoms with E-state index < -0.39 is 0 Å². The normalized spacial score (nSPS) is 9.67. The zero-order chi connectivity index (χ0) is 9.23. The van der Waals surface area contributed by atoms with Crippen molar-refractivity contribution in [3.63, 3.8) is 0 Å². The maximum atomic E-state index is 10.8. The second-order valence-electron chi connectivity index (χ2n) is 2.27. The summed E-state index contributed by atoms with van der Waals surface area (Å²) < 4.78 is 4.79. The summed E-state index contributed by atoms with van der Waals surface area (Å²) in [5.41, 5.74) is 0. The van der Waals surface area contributed by atoms with Crippen molar-refractivity contribution in [1.82, 2.24) is 0 Å². The van der Waals surface area contributed by atoms with Gasteiger partial charge in [0.2, 0.25) is 0 Å². The van der Waals surface area contributed by atoms with Gasteiger partial charge in [-0.2, -0.15) is 5.26 Å². The van der Waals surface area contributed by atoms with E-state index in [0.717, 1.165) is 6.42 Å². The molecule has 3 heteroatoms. The molecule has 0 atom stereocenters. The average Bonchev–Trinajstić information content (AvgIpc) is 2.05. The minimum atomic E-state index is -0.181. The van der Waals surface area contributed by atoms with Crippen LogP contribution in [-0.4, -0.2) is 12.6 Å². The van der Waals surface area contributed by atoms with Gasteiger partial charge in [-0.3, -0.25) is 4.79 Å². The van der Waals surface area contributed by atoms with Crippen LogP contribution in [0.3, 0.4) is 0 Å². The number of rotatable bonds is 5. The number of ether oxygens (including phenoxy) is 1. The number of carbonyl (C=O) groups excluding carboxylic acids is 1. The predicted octanol–water partition coefficient (Wildman–Crippen LogP) is 1.80. The molecule has 0 aromatic heterocycles. The summed E-state index contributed by atoms with van der Waals surface area (Å²) in [6.07, 6.45) is 4.99. The molecule has 0 aliphatic rings. The fourth-order valence-electron chi connectivity index (χ4n) is 0.621. The van der Waals surface area contributed by atoms with E-state index in [1.165, 1.54) is 0 Å². The van der Waals surface area contributed by atoms with Gasteiger partial charge in [0.1, 0.15) is 6.61 Å². The second kappa shape index (κ2) is 7.80. The fourth-order valence-corrected chi connectivity index (χ4v) is 0.621. The van der Waals surface area contributed by atoms with Crippen LogP contribution in [0.25, 0.3) is 0 Å². The third-order valence-electron chi connectivity index (χ3n) is 1.17. The molecule has 66 valence electrons. The smallest absolute Gasteiger partial charge is 0.306 e. The third kappa shape index (κ3) is 6.81. The van der Waals surface area contributed by atoms with Crippen molar-refractivity contribution < 1.29 is 9.53 Å². The van der Waals surface area contributed by atoms with Crippen molar-refractivity contribution in [2.75, 3.05) is 6.61 Å². The van der Waals surface area contributed by atoms with Crippen LogP contribution < -0.4 is 0 Å². The molecule has 0 aliphatic heterocycles. The van der Waals surface area contributed by atoms with E-state index in [1.807, 2.05) is 13.0 Å². The highest BCUT2D eigenvalue weighted by Gasteiger charge is 1.96. The topological polar surface area (TPSA) is 50.1 Å². The van der Waals surface area contributed by atoms with Gasteiger partial charge in [-0.1, -0.05) is 19.1 Å². The average molecular weight is 167 g/mol. The zero-order valence-electron chi connectivity index (χ0n) is 7.25. The van der Waals surface area contributed by atoms with Crippen molar-refractivity contribution in [3.05, 3.63) is 12.2 Å². The summed E-state index contributed by atoms with van der Waals surface area (Å²) in [6.45, 7) is 2.20. The number of esters is 1. The van der Waals surface area contributed by atoms with Gasteiger partial charge in [0, 0.05) is 6.42 Å². The van der Waals surface area contributed by atoms with Gasteiger partial charge in [0.05, 0.1) is 12.5 Å². The van der Waals surface area contributed by atoms with E-state index >= 15 is 0 Å². The van der Waals surface area contributed by atoms with Gasteiger partial charge in [-0.15, -0.1) is 0 Å². The molecule has 0 fully saturated rings. The molecule has 0 aliphatic carbocycles. The molecule has 0 radical (unpaired) electrons. The van der Waals surface area contributed by atoms with Crippen LogP contribution in [0.2, 0.25) is 0 Å². The molecular formula is C9H13NO2. The first-order valence-electron chi connectivity index (χ1n) is 3.98. The summed E-state index contributed by atoms with van der Waals surface area (Å²) in [6, 6.07) is 1.95. The zero-order valence-corrected chi connectivity index (χ0v) is 7.25. The van der Waals surface area contributed by atoms with Crippen molar-refractivity contribution in [1.29, 1.82) is 5.26 Å². The van der Waals surface area contributed by atoms with Gasteiger partial charge in [0.15, 0.2) is 0 Å². The number of nitrogens with zero attached hydrogens (tertiary/aromatic N) is 1. The van der Waals surface area contributed by atoms with Crippen molar-refractivity contribution >= 4 is 5.97 Å². The Morgan fingerprint density at radius 2 is 2.33 bits per heavy atom. The largest absolute Gasteiger partial charge is 0.461 e. The van der Waals surface area contributed by atoms with Crippen LogP contribution in [0.5, 0.6) is 0 Å². The lowest BCUT2D eigenvalue weighted by molar-refractivity contribution is -0.142. The maximum Gasteiger partial charge on any atom is 0.306 e. The van der Waals surface area contributed by atoms with Gasteiger partial charge in [0.25, 0.3) is 0 Å². The monoisotopic (exact) mass is 167 g/mol. The minimum absolute atomic E-state index is 0.181. The third-order valence-corrected chi connectivity index (χ3v) is 1.17. The quantitative estimate of drug-likeness (QED) is 0.463. The Hall–Kier alpha value is -1.30. The number of allylic oxidation sites excluding steroid dienone is 1. The Morgan fingerprint density at radius 1 is 1.58 bits per heavy atom. The van der Waals surface area contributed by atoms with E-state index in [4.69, 9.17) is 10.00 Å². The standard InChI is InChI=1S/C9H13NO2/c1-2-6-9(11)12-8-5-3-4-7-10/h3,5H,2,4,6,8H2,1H3/b5-3+. The Labute approximate surface area is 72.6 Å². The lowest BCUT2D eigenvalue weighted by Gasteiger charge is -1.97. The molecule has 0 aromatic carbocycles. The predicted molar refractivity (Wildman–Crippen MR) is 45.2 cm³/mol. The molecule has 0 bridgehead atoms. The molecule has 0 unspecified atom stereocenters. The molecule has 0 aromatic rings. The first-order valence-corrected chi connectivity index (χ1v) is 3.98. The van der Waals surface area contributed by atoms with Gasteiger partial charge < -0.3 is 4.74 Å².